The second kappa shape index (κ2) is 6.11. The number of methoxy groups -OCH3 is 1. The summed E-state index contributed by atoms with van der Waals surface area (Å²) in [5.41, 5.74) is 3.54. The van der Waals surface area contributed by atoms with Gasteiger partial charge in [0, 0.05) is 16.2 Å². The van der Waals surface area contributed by atoms with Gasteiger partial charge in [0.05, 0.1) is 7.11 Å². The van der Waals surface area contributed by atoms with Gasteiger partial charge < -0.3 is 10.1 Å². The quantitative estimate of drug-likeness (QED) is 0.861. The zero-order valence-corrected chi connectivity index (χ0v) is 13.0. The van der Waals surface area contributed by atoms with Crippen LogP contribution < -0.4 is 10.1 Å². The van der Waals surface area contributed by atoms with Crippen molar-refractivity contribution in [3.8, 4) is 5.75 Å². The van der Waals surface area contributed by atoms with Crippen LogP contribution in [0, 0.1) is 6.92 Å². The Labute approximate surface area is 122 Å². The highest BCUT2D eigenvalue weighted by molar-refractivity contribution is 9.10. The van der Waals surface area contributed by atoms with Crippen LogP contribution in [0.5, 0.6) is 5.75 Å². The molecule has 0 saturated carbocycles. The molecule has 0 saturated heterocycles. The van der Waals surface area contributed by atoms with Crippen molar-refractivity contribution >= 4 is 21.6 Å². The fraction of sp³-hybridized carbons (Fsp3) is 0.250. The number of benzene rings is 2. The lowest BCUT2D eigenvalue weighted by Gasteiger charge is -2.17. The van der Waals surface area contributed by atoms with Gasteiger partial charge in [0.1, 0.15) is 5.75 Å². The minimum atomic E-state index is 0.227. The molecule has 1 atom stereocenters. The SMILES string of the molecule is COc1cccc(C(C)Nc2ccc(C)c(Br)c2)c1. The highest BCUT2D eigenvalue weighted by atomic mass is 79.9. The molecule has 1 N–H and O–H groups in total. The monoisotopic (exact) mass is 319 g/mol. The summed E-state index contributed by atoms with van der Waals surface area (Å²) in [5, 5.41) is 3.49. The van der Waals surface area contributed by atoms with Gasteiger partial charge in [-0.25, -0.2) is 0 Å². The number of nitrogens with one attached hydrogen (secondary N) is 1. The van der Waals surface area contributed by atoms with Crippen molar-refractivity contribution in [2.75, 3.05) is 12.4 Å². The van der Waals surface area contributed by atoms with Crippen molar-refractivity contribution in [1.82, 2.24) is 0 Å². The van der Waals surface area contributed by atoms with Gasteiger partial charge in [-0.05, 0) is 49.2 Å². The predicted molar refractivity (Wildman–Crippen MR) is 83.9 cm³/mol. The van der Waals surface area contributed by atoms with Crippen LogP contribution in [0.1, 0.15) is 24.1 Å². The Kier molecular flexibility index (Phi) is 4.48. The molecule has 0 amide bonds. The maximum absolute atomic E-state index is 5.25. The summed E-state index contributed by atoms with van der Waals surface area (Å²) < 4.78 is 6.38. The largest absolute Gasteiger partial charge is 0.497 e. The molecule has 19 heavy (non-hydrogen) atoms. The van der Waals surface area contributed by atoms with E-state index in [2.05, 4.69) is 65.4 Å². The minimum absolute atomic E-state index is 0.227. The van der Waals surface area contributed by atoms with Crippen molar-refractivity contribution in [2.24, 2.45) is 0 Å². The maximum atomic E-state index is 5.25. The molecule has 0 bridgehead atoms. The van der Waals surface area contributed by atoms with E-state index in [1.807, 2.05) is 12.1 Å². The molecule has 0 aliphatic heterocycles. The van der Waals surface area contributed by atoms with E-state index in [1.165, 1.54) is 11.1 Å². The molecule has 0 spiro atoms. The third-order valence-corrected chi connectivity index (χ3v) is 4.00. The molecule has 2 rings (SSSR count). The number of aryl methyl sites for hydroxylation is 1. The van der Waals surface area contributed by atoms with Crippen LogP contribution in [0.2, 0.25) is 0 Å². The number of hydrogen-bond donors (Lipinski definition) is 1. The smallest absolute Gasteiger partial charge is 0.119 e. The van der Waals surface area contributed by atoms with Crippen molar-refractivity contribution in [3.05, 3.63) is 58.1 Å². The standard InChI is InChI=1S/C16H18BrNO/c1-11-7-8-14(10-16(11)17)18-12(2)13-5-4-6-15(9-13)19-3/h4-10,12,18H,1-3H3. The van der Waals surface area contributed by atoms with Crippen LogP contribution >= 0.6 is 15.9 Å². The summed E-state index contributed by atoms with van der Waals surface area (Å²) in [4.78, 5) is 0. The Morgan fingerprint density at radius 1 is 1.16 bits per heavy atom. The van der Waals surface area contributed by atoms with Crippen molar-refractivity contribution in [3.63, 3.8) is 0 Å². The molecule has 0 radical (unpaired) electrons. The number of ether oxygens (including phenoxy) is 1. The molecular weight excluding hydrogens is 302 g/mol. The molecule has 0 aliphatic carbocycles. The molecule has 3 heteroatoms. The molecule has 100 valence electrons. The molecule has 1 unspecified atom stereocenters. The number of anilines is 1. The molecule has 2 aromatic carbocycles. The van der Waals surface area contributed by atoms with Crippen LogP contribution in [0.4, 0.5) is 5.69 Å². The highest BCUT2D eigenvalue weighted by Gasteiger charge is 2.07. The van der Waals surface area contributed by atoms with Gasteiger partial charge in [-0.2, -0.15) is 0 Å². The maximum Gasteiger partial charge on any atom is 0.119 e. The van der Waals surface area contributed by atoms with E-state index >= 15 is 0 Å². The summed E-state index contributed by atoms with van der Waals surface area (Å²) in [7, 11) is 1.69. The molecular formula is C16H18BrNO. The van der Waals surface area contributed by atoms with Gasteiger partial charge in [-0.1, -0.05) is 34.1 Å². The average molecular weight is 320 g/mol. The third kappa shape index (κ3) is 3.51. The van der Waals surface area contributed by atoms with Gasteiger partial charge in [0.25, 0.3) is 0 Å². The average Bonchev–Trinajstić information content (AvgIpc) is 2.43. The Balaban J connectivity index is 2.15. The first-order valence-corrected chi connectivity index (χ1v) is 7.06. The Morgan fingerprint density at radius 3 is 2.63 bits per heavy atom. The number of rotatable bonds is 4. The molecule has 2 aromatic rings. The first kappa shape index (κ1) is 13.9. The zero-order chi connectivity index (χ0) is 13.8. The topological polar surface area (TPSA) is 21.3 Å². The van der Waals surface area contributed by atoms with E-state index in [9.17, 15) is 0 Å². The second-order valence-electron chi connectivity index (χ2n) is 4.61. The van der Waals surface area contributed by atoms with Crippen molar-refractivity contribution < 1.29 is 4.74 Å². The lowest BCUT2D eigenvalue weighted by Crippen LogP contribution is -2.06. The summed E-state index contributed by atoms with van der Waals surface area (Å²) in [6.07, 6.45) is 0. The summed E-state index contributed by atoms with van der Waals surface area (Å²) in [5.74, 6) is 0.885. The van der Waals surface area contributed by atoms with Crippen LogP contribution in [0.3, 0.4) is 0 Å². The molecule has 0 fully saturated rings. The van der Waals surface area contributed by atoms with E-state index in [-0.39, 0.29) is 6.04 Å². The van der Waals surface area contributed by atoms with Gasteiger partial charge in [-0.3, -0.25) is 0 Å². The minimum Gasteiger partial charge on any atom is -0.497 e. The van der Waals surface area contributed by atoms with E-state index in [1.54, 1.807) is 7.11 Å². The van der Waals surface area contributed by atoms with Crippen molar-refractivity contribution in [1.29, 1.82) is 0 Å². The normalized spacial score (nSPS) is 12.0. The van der Waals surface area contributed by atoms with E-state index in [0.29, 0.717) is 0 Å². The van der Waals surface area contributed by atoms with E-state index < -0.39 is 0 Å². The van der Waals surface area contributed by atoms with E-state index in [4.69, 9.17) is 4.74 Å². The Hall–Kier alpha value is -1.48. The number of halogens is 1. The van der Waals surface area contributed by atoms with Crippen LogP contribution in [0.25, 0.3) is 0 Å². The summed E-state index contributed by atoms with van der Waals surface area (Å²) in [6.45, 7) is 4.22. The van der Waals surface area contributed by atoms with Crippen molar-refractivity contribution in [2.45, 2.75) is 19.9 Å². The molecule has 0 heterocycles. The van der Waals surface area contributed by atoms with Crippen LogP contribution in [-0.4, -0.2) is 7.11 Å². The van der Waals surface area contributed by atoms with Gasteiger partial charge >= 0.3 is 0 Å². The van der Waals surface area contributed by atoms with Gasteiger partial charge in [-0.15, -0.1) is 0 Å². The van der Waals surface area contributed by atoms with Gasteiger partial charge in [0.2, 0.25) is 0 Å². The highest BCUT2D eigenvalue weighted by Crippen LogP contribution is 2.25. The van der Waals surface area contributed by atoms with Crippen LogP contribution in [0.15, 0.2) is 46.9 Å². The first-order valence-electron chi connectivity index (χ1n) is 6.27. The molecule has 2 nitrogen and oxygen atoms in total. The van der Waals surface area contributed by atoms with E-state index in [0.717, 1.165) is 15.9 Å². The summed E-state index contributed by atoms with van der Waals surface area (Å²) >= 11 is 3.56. The fourth-order valence-electron chi connectivity index (χ4n) is 1.93. The zero-order valence-electron chi connectivity index (χ0n) is 11.4. The molecule has 0 aromatic heterocycles. The predicted octanol–water partition coefficient (Wildman–Crippen LogP) is 4.94. The Bertz CT molecular complexity index is 568. The molecule has 0 aliphatic rings. The second-order valence-corrected chi connectivity index (χ2v) is 5.46. The lowest BCUT2D eigenvalue weighted by atomic mass is 10.1. The van der Waals surface area contributed by atoms with Crippen LogP contribution in [-0.2, 0) is 0 Å². The lowest BCUT2D eigenvalue weighted by molar-refractivity contribution is 0.414. The fourth-order valence-corrected chi connectivity index (χ4v) is 2.31. The summed E-state index contributed by atoms with van der Waals surface area (Å²) in [6, 6.07) is 14.7. The van der Waals surface area contributed by atoms with Gasteiger partial charge in [0.15, 0.2) is 0 Å². The number of hydrogen-bond acceptors (Lipinski definition) is 2. The Morgan fingerprint density at radius 2 is 1.95 bits per heavy atom. The first-order chi connectivity index (χ1) is 9.10. The third-order valence-electron chi connectivity index (χ3n) is 3.15.